The van der Waals surface area contributed by atoms with Crippen molar-refractivity contribution >= 4 is 17.8 Å². The summed E-state index contributed by atoms with van der Waals surface area (Å²) in [6, 6.07) is -0.655. The Labute approximate surface area is 170 Å². The number of hydrogen-bond acceptors (Lipinski definition) is 6. The molecule has 2 heterocycles. The zero-order valence-electron chi connectivity index (χ0n) is 15.5. The van der Waals surface area contributed by atoms with Crippen LogP contribution in [0.4, 0.5) is 0 Å². The van der Waals surface area contributed by atoms with E-state index in [1.165, 1.54) is 0 Å². The zero-order valence-corrected chi connectivity index (χ0v) is 17.5. The summed E-state index contributed by atoms with van der Waals surface area (Å²) in [4.78, 5) is 39.6. The largest absolute Gasteiger partial charge is 1.00 e. The molecule has 25 heavy (non-hydrogen) atoms. The number of carboxylic acids is 1. The minimum atomic E-state index is -1.41. The van der Waals surface area contributed by atoms with Crippen LogP contribution in [0.15, 0.2) is 0 Å². The molecule has 3 atom stereocenters. The van der Waals surface area contributed by atoms with Crippen molar-refractivity contribution in [2.24, 2.45) is 5.92 Å². The van der Waals surface area contributed by atoms with E-state index in [1.807, 2.05) is 13.8 Å². The number of carbonyl (C=O) groups excluding carboxylic acids is 3. The van der Waals surface area contributed by atoms with Gasteiger partial charge in [-0.2, -0.15) is 0 Å². The Bertz CT molecular complexity index is 494. The molecule has 1 N–H and O–H groups in total. The smallest absolute Gasteiger partial charge is 0.547 e. The van der Waals surface area contributed by atoms with Crippen LogP contribution in [-0.4, -0.2) is 78.6 Å². The van der Waals surface area contributed by atoms with E-state index in [0.717, 1.165) is 19.6 Å². The Hall–Kier alpha value is -0.670. The molecule has 0 aromatic rings. The number of nitrogens with one attached hydrogen (secondary N) is 1. The first-order valence-electron chi connectivity index (χ1n) is 8.51. The molecule has 2 saturated heterocycles. The molecule has 2 fully saturated rings. The van der Waals surface area contributed by atoms with Gasteiger partial charge in [0.15, 0.2) is 6.10 Å². The Morgan fingerprint density at radius 2 is 1.76 bits per heavy atom. The molecule has 8 nitrogen and oxygen atoms in total. The van der Waals surface area contributed by atoms with E-state index in [-0.39, 0.29) is 41.4 Å². The van der Waals surface area contributed by atoms with Crippen molar-refractivity contribution in [1.82, 2.24) is 15.1 Å². The average Bonchev–Trinajstić information content (AvgIpc) is 3.34. The minimum Gasteiger partial charge on any atom is -0.547 e. The van der Waals surface area contributed by atoms with Crippen LogP contribution in [-0.2, 0) is 19.1 Å². The van der Waals surface area contributed by atoms with Gasteiger partial charge in [-0.05, 0) is 18.9 Å². The number of epoxide rings is 1. The summed E-state index contributed by atoms with van der Waals surface area (Å²) in [5.74, 6) is -1.86. The summed E-state index contributed by atoms with van der Waals surface area (Å²) in [5, 5.41) is 13.3. The van der Waals surface area contributed by atoms with Crippen molar-refractivity contribution in [1.29, 1.82) is 0 Å². The Kier molecular flexibility index (Phi) is 8.83. The number of carboxylic acid groups (broad SMARTS) is 1. The third-order valence-electron chi connectivity index (χ3n) is 4.44. The quantitative estimate of drug-likeness (QED) is 0.360. The number of aliphatic carboxylic acids is 1. The maximum absolute atomic E-state index is 12.7. The first-order chi connectivity index (χ1) is 11.3. The molecule has 136 valence electrons. The summed E-state index contributed by atoms with van der Waals surface area (Å²) in [6.07, 6.45) is -1.75. The van der Waals surface area contributed by atoms with Gasteiger partial charge in [0.05, 0.1) is 5.97 Å². The summed E-state index contributed by atoms with van der Waals surface area (Å²) in [6.45, 7) is 9.90. The SMILES string of the molecule is CCN1CCN(C(=O)[C@H](CC(C)C)NC(=O)[C@H]2O[C@@H]2C(=O)[O-])CC1.[Na+]. The van der Waals surface area contributed by atoms with Gasteiger partial charge in [0.2, 0.25) is 5.91 Å². The van der Waals surface area contributed by atoms with Gasteiger partial charge in [0.25, 0.3) is 5.91 Å². The van der Waals surface area contributed by atoms with E-state index < -0.39 is 30.1 Å². The molecular weight excluding hydrogens is 337 g/mol. The second kappa shape index (κ2) is 9.87. The number of hydrogen-bond donors (Lipinski definition) is 1. The zero-order chi connectivity index (χ0) is 17.9. The van der Waals surface area contributed by atoms with E-state index in [9.17, 15) is 19.5 Å². The number of nitrogens with zero attached hydrogens (tertiary/aromatic N) is 2. The van der Waals surface area contributed by atoms with E-state index >= 15 is 0 Å². The summed E-state index contributed by atoms with van der Waals surface area (Å²) < 4.78 is 4.79. The third kappa shape index (κ3) is 6.21. The van der Waals surface area contributed by atoms with Crippen LogP contribution in [0.2, 0.25) is 0 Å². The predicted octanol–water partition coefficient (Wildman–Crippen LogP) is -4.80. The van der Waals surface area contributed by atoms with Crippen LogP contribution in [0.1, 0.15) is 27.2 Å². The minimum absolute atomic E-state index is 0. The topological polar surface area (TPSA) is 105 Å². The standard InChI is InChI=1S/C16H27N3O5.Na/c1-4-18-5-7-19(8-6-18)15(21)11(9-10(2)3)17-14(20)12-13(24-12)16(22)23;/h10-13H,4-9H2,1-3H3,(H,17,20)(H,22,23);/q;+1/p-1/t11-,12-,13-;/m0./s1. The summed E-state index contributed by atoms with van der Waals surface area (Å²) >= 11 is 0. The van der Waals surface area contributed by atoms with Gasteiger partial charge in [0, 0.05) is 26.2 Å². The van der Waals surface area contributed by atoms with Gasteiger partial charge in [-0.25, -0.2) is 0 Å². The Morgan fingerprint density at radius 3 is 2.20 bits per heavy atom. The number of ether oxygens (including phenoxy) is 1. The Morgan fingerprint density at radius 1 is 1.16 bits per heavy atom. The van der Waals surface area contributed by atoms with Crippen molar-refractivity contribution in [3.63, 3.8) is 0 Å². The maximum atomic E-state index is 12.7. The molecule has 0 aliphatic carbocycles. The average molecular weight is 363 g/mol. The molecule has 2 aliphatic rings. The van der Waals surface area contributed by atoms with E-state index in [0.29, 0.717) is 19.5 Å². The molecule has 0 saturated carbocycles. The van der Waals surface area contributed by atoms with Gasteiger partial charge in [-0.3, -0.25) is 9.59 Å². The van der Waals surface area contributed by atoms with Gasteiger partial charge >= 0.3 is 29.6 Å². The molecule has 9 heteroatoms. The van der Waals surface area contributed by atoms with E-state index in [4.69, 9.17) is 4.74 Å². The van der Waals surface area contributed by atoms with Crippen molar-refractivity contribution < 1.29 is 53.8 Å². The fourth-order valence-electron chi connectivity index (χ4n) is 2.94. The van der Waals surface area contributed by atoms with Crippen LogP contribution in [0.3, 0.4) is 0 Å². The number of rotatable bonds is 7. The van der Waals surface area contributed by atoms with Crippen LogP contribution in [0.5, 0.6) is 0 Å². The fraction of sp³-hybridized carbons (Fsp3) is 0.812. The van der Waals surface area contributed by atoms with Gasteiger partial charge in [-0.15, -0.1) is 0 Å². The molecule has 0 aromatic carbocycles. The van der Waals surface area contributed by atoms with Crippen molar-refractivity contribution in [2.45, 2.75) is 45.4 Å². The molecule has 0 radical (unpaired) electrons. The van der Waals surface area contributed by atoms with Crippen molar-refractivity contribution in [3.05, 3.63) is 0 Å². The van der Waals surface area contributed by atoms with Crippen LogP contribution in [0, 0.1) is 5.92 Å². The second-order valence-corrected chi connectivity index (χ2v) is 6.75. The molecule has 0 spiro atoms. The number of likely N-dealkylation sites (N-methyl/N-ethyl adjacent to an activating group) is 1. The third-order valence-corrected chi connectivity index (χ3v) is 4.44. The van der Waals surface area contributed by atoms with Crippen LogP contribution >= 0.6 is 0 Å². The number of piperazine rings is 1. The number of amides is 2. The molecule has 2 rings (SSSR count). The fourth-order valence-corrected chi connectivity index (χ4v) is 2.94. The summed E-state index contributed by atoms with van der Waals surface area (Å²) in [7, 11) is 0. The number of carbonyl (C=O) groups is 3. The van der Waals surface area contributed by atoms with Crippen LogP contribution < -0.4 is 40.0 Å². The predicted molar refractivity (Wildman–Crippen MR) is 83.7 cm³/mol. The first-order valence-corrected chi connectivity index (χ1v) is 8.51. The molecular formula is C16H26N3NaO5. The maximum Gasteiger partial charge on any atom is 1.00 e. The first kappa shape index (κ1) is 22.4. The normalized spacial score (nSPS) is 24.4. The Balaban J connectivity index is 0.00000312. The molecule has 0 unspecified atom stereocenters. The molecule has 0 aromatic heterocycles. The summed E-state index contributed by atoms with van der Waals surface area (Å²) in [5.41, 5.74) is 0. The van der Waals surface area contributed by atoms with Gasteiger partial charge in [0.1, 0.15) is 12.1 Å². The van der Waals surface area contributed by atoms with Crippen molar-refractivity contribution in [2.75, 3.05) is 32.7 Å². The second-order valence-electron chi connectivity index (χ2n) is 6.75. The van der Waals surface area contributed by atoms with Gasteiger partial charge < -0.3 is 29.8 Å². The van der Waals surface area contributed by atoms with E-state index in [1.54, 1.807) is 4.90 Å². The van der Waals surface area contributed by atoms with Crippen molar-refractivity contribution in [3.8, 4) is 0 Å². The monoisotopic (exact) mass is 363 g/mol. The van der Waals surface area contributed by atoms with Crippen LogP contribution in [0.25, 0.3) is 0 Å². The molecule has 2 aliphatic heterocycles. The molecule has 2 amide bonds. The van der Waals surface area contributed by atoms with Gasteiger partial charge in [-0.1, -0.05) is 20.8 Å². The van der Waals surface area contributed by atoms with E-state index in [2.05, 4.69) is 17.1 Å². The molecule has 0 bridgehead atoms.